The summed E-state index contributed by atoms with van der Waals surface area (Å²) in [6.07, 6.45) is 16.2. The van der Waals surface area contributed by atoms with Crippen LogP contribution in [0.25, 0.3) is 22.3 Å². The van der Waals surface area contributed by atoms with Crippen LogP contribution in [0, 0.1) is 65.1 Å². The number of benzene rings is 2. The van der Waals surface area contributed by atoms with Crippen LogP contribution in [0.1, 0.15) is 51.1 Å². The molecule has 0 aliphatic heterocycles. The summed E-state index contributed by atoms with van der Waals surface area (Å²) in [4.78, 5) is 0. The predicted octanol–water partition coefficient (Wildman–Crippen LogP) is 7.69. The first-order valence-corrected chi connectivity index (χ1v) is 16.3. The molecule has 0 aromatic heterocycles. The van der Waals surface area contributed by atoms with Gasteiger partial charge in [-0.05, 0) is 143 Å². The summed E-state index contributed by atoms with van der Waals surface area (Å²) >= 11 is 0. The topological polar surface area (TPSA) is 0 Å². The molecule has 0 nitrogen and oxygen atoms in total. The van der Waals surface area contributed by atoms with Crippen molar-refractivity contribution in [1.29, 1.82) is 0 Å². The number of hydrogen-bond acceptors (Lipinski definition) is 0. The molecule has 14 aliphatic rings. The molecule has 16 rings (SSSR count). The van der Waals surface area contributed by atoms with E-state index in [1.54, 1.807) is 61.2 Å². The van der Waals surface area contributed by atoms with Gasteiger partial charge in [-0.3, -0.25) is 0 Å². The Morgan fingerprint density at radius 2 is 1.35 bits per heavy atom. The van der Waals surface area contributed by atoms with Crippen LogP contribution in [0.4, 0.5) is 0 Å². The average Bonchev–Trinajstić information content (AvgIpc) is 3.79. The van der Waals surface area contributed by atoms with Crippen molar-refractivity contribution < 1.29 is 0 Å². The molecule has 0 radical (unpaired) electrons. The van der Waals surface area contributed by atoms with E-state index in [-0.39, 0.29) is 0 Å². The molecule has 0 heteroatoms. The molecule has 14 atom stereocenters. The van der Waals surface area contributed by atoms with Gasteiger partial charge >= 0.3 is 0 Å². The standard InChI is InChI=1S/C40H24/c1-2-12-14-5-6-16-18-9-10-20-19-8-7-17-15-4-3-13-11(1)21-22(12)32-24(14)26(16)34-29(18)30(20)35-28(19)27(17)33-25(15)23(13)31(21)36-37(32)39(34)40(35)38(33)36/h1-13,21-23,25,27,31,33-36,38H. The molecular formula is C40H24. The van der Waals surface area contributed by atoms with Gasteiger partial charge in [0.25, 0.3) is 0 Å². The molecule has 0 amide bonds. The SMILES string of the molecule is C1=CC2=C3C=CC4C5C=CC6c7ccc8c9c7C7=C%10C%11=C%12C%13C(=C1c1ccc-8c(c1%13)C%119)C2C1C%12C%10C(C5C76)C4C31. The monoisotopic (exact) mass is 504 g/mol. The lowest BCUT2D eigenvalue weighted by molar-refractivity contribution is 0.000914. The van der Waals surface area contributed by atoms with Gasteiger partial charge in [-0.2, -0.15) is 0 Å². The molecule has 14 unspecified atom stereocenters. The summed E-state index contributed by atoms with van der Waals surface area (Å²) in [5.74, 6) is 10.5. The average molecular weight is 505 g/mol. The van der Waals surface area contributed by atoms with E-state index in [4.69, 9.17) is 0 Å². The lowest BCUT2D eigenvalue weighted by Crippen LogP contribution is -2.52. The second kappa shape index (κ2) is 4.57. The maximum absolute atomic E-state index is 2.77. The number of rotatable bonds is 0. The zero-order valence-corrected chi connectivity index (χ0v) is 21.9. The van der Waals surface area contributed by atoms with Crippen LogP contribution in [0.3, 0.4) is 0 Å². The highest BCUT2D eigenvalue weighted by Crippen LogP contribution is 2.86. The van der Waals surface area contributed by atoms with E-state index in [0.29, 0.717) is 23.7 Å². The Morgan fingerprint density at radius 3 is 2.35 bits per heavy atom. The van der Waals surface area contributed by atoms with Gasteiger partial charge in [-0.15, -0.1) is 0 Å². The van der Waals surface area contributed by atoms with E-state index in [1.807, 2.05) is 27.9 Å². The molecule has 14 aliphatic carbocycles. The van der Waals surface area contributed by atoms with E-state index < -0.39 is 0 Å². The zero-order valence-electron chi connectivity index (χ0n) is 21.9. The van der Waals surface area contributed by atoms with E-state index in [1.165, 1.54) is 0 Å². The smallest absolute Gasteiger partial charge is 0.0364 e. The summed E-state index contributed by atoms with van der Waals surface area (Å²) in [5, 5.41) is 0. The summed E-state index contributed by atoms with van der Waals surface area (Å²) < 4.78 is 0. The van der Waals surface area contributed by atoms with Crippen LogP contribution in [0.15, 0.2) is 94.2 Å². The van der Waals surface area contributed by atoms with Gasteiger partial charge in [0.05, 0.1) is 0 Å². The minimum absolute atomic E-state index is 0.537. The van der Waals surface area contributed by atoms with Gasteiger partial charge in [0.2, 0.25) is 0 Å². The molecule has 0 heterocycles. The zero-order chi connectivity index (χ0) is 24.4. The van der Waals surface area contributed by atoms with Gasteiger partial charge in [-0.25, -0.2) is 0 Å². The predicted molar refractivity (Wildman–Crippen MR) is 153 cm³/mol. The molecule has 40 heavy (non-hydrogen) atoms. The second-order valence-corrected chi connectivity index (χ2v) is 16.0. The minimum Gasteiger partial charge on any atom is -0.0839 e. The first-order valence-electron chi connectivity index (χ1n) is 16.3. The Balaban J connectivity index is 1.22. The van der Waals surface area contributed by atoms with Crippen LogP contribution >= 0.6 is 0 Å². The third kappa shape index (κ3) is 1.19. The lowest BCUT2D eigenvalue weighted by Gasteiger charge is -2.57. The van der Waals surface area contributed by atoms with Crippen molar-refractivity contribution in [3.8, 4) is 11.1 Å². The van der Waals surface area contributed by atoms with E-state index in [2.05, 4.69) is 60.7 Å². The van der Waals surface area contributed by atoms with Crippen LogP contribution in [-0.2, 0) is 0 Å². The van der Waals surface area contributed by atoms with Crippen molar-refractivity contribution in [2.24, 2.45) is 65.1 Å². The molecule has 2 aromatic carbocycles. The maximum Gasteiger partial charge on any atom is 0.0364 e. The van der Waals surface area contributed by atoms with Crippen molar-refractivity contribution in [2.75, 3.05) is 0 Å². The number of hydrogen-bond donors (Lipinski definition) is 0. The Kier molecular flexibility index (Phi) is 1.99. The molecule has 0 spiro atoms. The fourth-order valence-corrected chi connectivity index (χ4v) is 16.0. The Hall–Kier alpha value is -3.38. The fraction of sp³-hybridized carbons (Fsp3) is 0.350. The molecule has 3 saturated carbocycles. The molecule has 0 N–H and O–H groups in total. The molecule has 184 valence electrons. The Labute approximate surface area is 232 Å². The highest BCUT2D eigenvalue weighted by molar-refractivity contribution is 6.03. The number of fused-ring (bicyclic) bond motifs is 4. The molecular weight excluding hydrogens is 480 g/mol. The lowest BCUT2D eigenvalue weighted by atomic mass is 9.46. The quantitative estimate of drug-likeness (QED) is 0.323. The molecule has 0 bridgehead atoms. The van der Waals surface area contributed by atoms with Crippen LogP contribution in [0.5, 0.6) is 0 Å². The van der Waals surface area contributed by atoms with Crippen molar-refractivity contribution in [3.63, 3.8) is 0 Å². The van der Waals surface area contributed by atoms with Crippen LogP contribution < -0.4 is 0 Å². The van der Waals surface area contributed by atoms with Crippen molar-refractivity contribution in [1.82, 2.24) is 0 Å². The summed E-state index contributed by atoms with van der Waals surface area (Å²) in [6, 6.07) is 10.3. The van der Waals surface area contributed by atoms with Gasteiger partial charge in [0.15, 0.2) is 0 Å². The van der Waals surface area contributed by atoms with E-state index >= 15 is 0 Å². The summed E-state index contributed by atoms with van der Waals surface area (Å²) in [5.41, 5.74) is 28.4. The first kappa shape index (κ1) is 17.4. The summed E-state index contributed by atoms with van der Waals surface area (Å²) in [7, 11) is 0. The third-order valence-electron chi connectivity index (χ3n) is 16.1. The largest absolute Gasteiger partial charge is 0.0839 e. The number of allylic oxidation sites excluding steroid dienone is 14. The Morgan fingerprint density at radius 1 is 0.500 bits per heavy atom. The highest BCUT2D eigenvalue weighted by Gasteiger charge is 2.77. The normalized spacial score (nSPS) is 51.8. The van der Waals surface area contributed by atoms with Gasteiger partial charge in [0.1, 0.15) is 0 Å². The first-order chi connectivity index (χ1) is 19.9. The van der Waals surface area contributed by atoms with Gasteiger partial charge < -0.3 is 0 Å². The highest BCUT2D eigenvalue weighted by atomic mass is 14.8. The van der Waals surface area contributed by atoms with Crippen LogP contribution in [-0.4, -0.2) is 0 Å². The maximum atomic E-state index is 2.77. The van der Waals surface area contributed by atoms with Crippen molar-refractivity contribution in [2.45, 2.75) is 17.8 Å². The molecule has 3 fully saturated rings. The molecule has 2 aromatic rings. The van der Waals surface area contributed by atoms with E-state index in [9.17, 15) is 0 Å². The van der Waals surface area contributed by atoms with Gasteiger partial charge in [-0.1, -0.05) is 66.3 Å². The fourth-order valence-electron chi connectivity index (χ4n) is 16.0. The van der Waals surface area contributed by atoms with Gasteiger partial charge in [0, 0.05) is 23.7 Å². The van der Waals surface area contributed by atoms with Crippen molar-refractivity contribution >= 4 is 11.1 Å². The van der Waals surface area contributed by atoms with Crippen LogP contribution in [0.2, 0.25) is 0 Å². The minimum atomic E-state index is 0.537. The summed E-state index contributed by atoms with van der Waals surface area (Å²) in [6.45, 7) is 0. The third-order valence-corrected chi connectivity index (χ3v) is 16.1. The molecule has 0 saturated heterocycles. The van der Waals surface area contributed by atoms with Crippen molar-refractivity contribution in [3.05, 3.63) is 128 Å². The second-order valence-electron chi connectivity index (χ2n) is 16.0. The van der Waals surface area contributed by atoms with E-state index in [0.717, 1.165) is 59.2 Å². The Bertz CT molecular complexity index is 2200.